The highest BCUT2D eigenvalue weighted by Gasteiger charge is 2.26. The van der Waals surface area contributed by atoms with Crippen LogP contribution in [-0.2, 0) is 0 Å². The number of benzene rings is 3. The third kappa shape index (κ3) is 3.47. The Labute approximate surface area is 183 Å². The number of aromatic hydroxyl groups is 3. The molecule has 1 heterocycles. The lowest BCUT2D eigenvalue weighted by Gasteiger charge is -2.18. The molecule has 0 fully saturated rings. The lowest BCUT2D eigenvalue weighted by atomic mass is 9.90. The number of phenols is 3. The zero-order valence-electron chi connectivity index (χ0n) is 17.7. The highest BCUT2D eigenvalue weighted by atomic mass is 16.5. The Morgan fingerprint density at radius 2 is 1.53 bits per heavy atom. The van der Waals surface area contributed by atoms with Gasteiger partial charge in [-0.1, -0.05) is 19.1 Å². The van der Waals surface area contributed by atoms with Crippen LogP contribution in [0.1, 0.15) is 24.0 Å². The normalized spacial score (nSPS) is 12.0. The molecule has 7 heteroatoms. The van der Waals surface area contributed by atoms with Gasteiger partial charge in [-0.15, -0.1) is 0 Å². The van der Waals surface area contributed by atoms with Crippen molar-refractivity contribution in [1.82, 2.24) is 0 Å². The van der Waals surface area contributed by atoms with Crippen LogP contribution in [0.5, 0.6) is 28.7 Å². The average molecular weight is 434 g/mol. The van der Waals surface area contributed by atoms with E-state index in [0.29, 0.717) is 16.9 Å². The summed E-state index contributed by atoms with van der Waals surface area (Å²) in [5.41, 5.74) is 1.16. The van der Waals surface area contributed by atoms with E-state index in [1.165, 1.54) is 19.2 Å². The fraction of sp³-hybridized carbons (Fsp3) is 0.160. The number of hydrogen-bond donors (Lipinski definition) is 3. The highest BCUT2D eigenvalue weighted by Crippen LogP contribution is 2.43. The van der Waals surface area contributed by atoms with Crippen molar-refractivity contribution in [3.8, 4) is 40.1 Å². The molecule has 0 bridgehead atoms. The molecule has 0 saturated heterocycles. The largest absolute Gasteiger partial charge is 0.508 e. The lowest BCUT2D eigenvalue weighted by Crippen LogP contribution is -2.10. The molecule has 0 radical (unpaired) electrons. The van der Waals surface area contributed by atoms with Gasteiger partial charge in [0.1, 0.15) is 34.0 Å². The van der Waals surface area contributed by atoms with Crippen LogP contribution < -0.4 is 14.9 Å². The van der Waals surface area contributed by atoms with Crippen LogP contribution in [0.4, 0.5) is 0 Å². The molecule has 0 aliphatic carbocycles. The summed E-state index contributed by atoms with van der Waals surface area (Å²) in [5.74, 6) is -0.202. The summed E-state index contributed by atoms with van der Waals surface area (Å²) < 4.78 is 16.7. The fourth-order valence-electron chi connectivity index (χ4n) is 3.80. The van der Waals surface area contributed by atoms with Crippen LogP contribution in [0, 0.1) is 0 Å². The average Bonchev–Trinajstić information content (AvgIpc) is 2.79. The number of hydrogen-bond acceptors (Lipinski definition) is 7. The standard InChI is InChI=1S/C25H22O7/c1-13(14-4-8-16(26)9-5-14)20-18(27)12-19(28)21-22(29)25(31-3)23(32-24(20)21)15-6-10-17(30-2)11-7-15/h4-13,26-28H,1-3H3. The zero-order chi connectivity index (χ0) is 23.0. The smallest absolute Gasteiger partial charge is 0.239 e. The van der Waals surface area contributed by atoms with Gasteiger partial charge in [0, 0.05) is 23.1 Å². The van der Waals surface area contributed by atoms with Gasteiger partial charge >= 0.3 is 0 Å². The Morgan fingerprint density at radius 3 is 2.12 bits per heavy atom. The SMILES string of the molecule is COc1ccc(-c2oc3c(C(C)c4ccc(O)cc4)c(O)cc(O)c3c(=O)c2OC)cc1. The first-order valence-corrected chi connectivity index (χ1v) is 9.88. The lowest BCUT2D eigenvalue weighted by molar-refractivity contribution is 0.396. The van der Waals surface area contributed by atoms with E-state index in [1.807, 2.05) is 6.92 Å². The quantitative estimate of drug-likeness (QED) is 0.416. The van der Waals surface area contributed by atoms with Crippen LogP contribution >= 0.6 is 0 Å². The summed E-state index contributed by atoms with van der Waals surface area (Å²) >= 11 is 0. The first-order valence-electron chi connectivity index (χ1n) is 9.88. The second-order valence-electron chi connectivity index (χ2n) is 7.37. The highest BCUT2D eigenvalue weighted by molar-refractivity contribution is 5.91. The molecule has 1 unspecified atom stereocenters. The van der Waals surface area contributed by atoms with E-state index in [-0.39, 0.29) is 34.0 Å². The summed E-state index contributed by atoms with van der Waals surface area (Å²) in [6.45, 7) is 1.83. The van der Waals surface area contributed by atoms with Crippen molar-refractivity contribution in [3.05, 3.63) is 75.9 Å². The van der Waals surface area contributed by atoms with Gasteiger partial charge in [-0.3, -0.25) is 4.79 Å². The van der Waals surface area contributed by atoms with Gasteiger partial charge in [-0.05, 0) is 42.0 Å². The second-order valence-corrected chi connectivity index (χ2v) is 7.37. The Balaban J connectivity index is 2.04. The summed E-state index contributed by atoms with van der Waals surface area (Å²) in [6.07, 6.45) is 0. The van der Waals surface area contributed by atoms with Crippen molar-refractivity contribution in [2.45, 2.75) is 12.8 Å². The van der Waals surface area contributed by atoms with Crippen molar-refractivity contribution in [1.29, 1.82) is 0 Å². The maximum Gasteiger partial charge on any atom is 0.239 e. The van der Waals surface area contributed by atoms with Crippen molar-refractivity contribution in [2.75, 3.05) is 14.2 Å². The van der Waals surface area contributed by atoms with E-state index in [9.17, 15) is 20.1 Å². The van der Waals surface area contributed by atoms with E-state index in [4.69, 9.17) is 13.9 Å². The predicted octanol–water partition coefficient (Wildman–Crippen LogP) is 4.75. The fourth-order valence-corrected chi connectivity index (χ4v) is 3.80. The molecule has 1 aromatic heterocycles. The Kier molecular flexibility index (Phi) is 5.40. The minimum atomic E-state index is -0.559. The maximum atomic E-state index is 13.3. The van der Waals surface area contributed by atoms with E-state index in [0.717, 1.165) is 11.6 Å². The Morgan fingerprint density at radius 1 is 0.875 bits per heavy atom. The van der Waals surface area contributed by atoms with Crippen LogP contribution in [0.25, 0.3) is 22.3 Å². The summed E-state index contributed by atoms with van der Waals surface area (Å²) in [7, 11) is 2.90. The molecule has 0 aliphatic rings. The Hall–Kier alpha value is -4.13. The van der Waals surface area contributed by atoms with Gasteiger partial charge < -0.3 is 29.2 Å². The molecule has 4 rings (SSSR count). The van der Waals surface area contributed by atoms with Gasteiger partial charge in [0.15, 0.2) is 5.76 Å². The van der Waals surface area contributed by atoms with Gasteiger partial charge in [0.05, 0.1) is 14.2 Å². The third-order valence-electron chi connectivity index (χ3n) is 5.50. The number of ether oxygens (including phenoxy) is 2. The first-order chi connectivity index (χ1) is 15.3. The topological polar surface area (TPSA) is 109 Å². The molecule has 3 aromatic carbocycles. The second kappa shape index (κ2) is 8.19. The van der Waals surface area contributed by atoms with Gasteiger partial charge in [-0.2, -0.15) is 0 Å². The maximum absolute atomic E-state index is 13.3. The zero-order valence-corrected chi connectivity index (χ0v) is 17.7. The van der Waals surface area contributed by atoms with Crippen molar-refractivity contribution in [2.24, 2.45) is 0 Å². The minimum Gasteiger partial charge on any atom is -0.508 e. The summed E-state index contributed by atoms with van der Waals surface area (Å²) in [6, 6.07) is 14.5. The molecule has 0 saturated carbocycles. The first kappa shape index (κ1) is 21.1. The number of fused-ring (bicyclic) bond motifs is 1. The molecule has 164 valence electrons. The van der Waals surface area contributed by atoms with Crippen LogP contribution in [0.2, 0.25) is 0 Å². The molecule has 32 heavy (non-hydrogen) atoms. The molecule has 1 atom stereocenters. The van der Waals surface area contributed by atoms with E-state index in [1.54, 1.807) is 43.5 Å². The minimum absolute atomic E-state index is 0.0553. The van der Waals surface area contributed by atoms with Crippen LogP contribution in [0.3, 0.4) is 0 Å². The number of phenolic OH excluding ortho intramolecular Hbond substituents is 3. The van der Waals surface area contributed by atoms with Crippen LogP contribution in [0.15, 0.2) is 63.8 Å². The van der Waals surface area contributed by atoms with E-state index >= 15 is 0 Å². The van der Waals surface area contributed by atoms with Crippen molar-refractivity contribution >= 4 is 11.0 Å². The molecule has 7 nitrogen and oxygen atoms in total. The molecule has 0 spiro atoms. The van der Waals surface area contributed by atoms with Crippen molar-refractivity contribution in [3.63, 3.8) is 0 Å². The molecule has 0 aliphatic heterocycles. The van der Waals surface area contributed by atoms with E-state index < -0.39 is 17.1 Å². The summed E-state index contributed by atoms with van der Waals surface area (Å²) in [5, 5.41) is 30.7. The number of methoxy groups -OCH3 is 2. The van der Waals surface area contributed by atoms with Gasteiger partial charge in [-0.25, -0.2) is 0 Å². The summed E-state index contributed by atoms with van der Waals surface area (Å²) in [4.78, 5) is 13.3. The molecular formula is C25H22O7. The Bertz CT molecular complexity index is 1340. The molecule has 3 N–H and O–H groups in total. The predicted molar refractivity (Wildman–Crippen MR) is 120 cm³/mol. The molecule has 4 aromatic rings. The third-order valence-corrected chi connectivity index (χ3v) is 5.50. The van der Waals surface area contributed by atoms with Crippen LogP contribution in [-0.4, -0.2) is 29.5 Å². The molecular weight excluding hydrogens is 412 g/mol. The van der Waals surface area contributed by atoms with Gasteiger partial charge in [0.25, 0.3) is 0 Å². The van der Waals surface area contributed by atoms with E-state index in [2.05, 4.69) is 0 Å². The van der Waals surface area contributed by atoms with Gasteiger partial charge in [0.2, 0.25) is 11.2 Å². The van der Waals surface area contributed by atoms with Crippen molar-refractivity contribution < 1.29 is 29.2 Å². The monoisotopic (exact) mass is 434 g/mol. The number of rotatable bonds is 5. The molecule has 0 amide bonds.